The van der Waals surface area contributed by atoms with E-state index in [2.05, 4.69) is 15.3 Å². The molecule has 0 unspecified atom stereocenters. The number of rotatable bonds is 8. The van der Waals surface area contributed by atoms with Crippen LogP contribution in [0.15, 0.2) is 42.5 Å². The van der Waals surface area contributed by atoms with Crippen molar-refractivity contribution in [2.75, 3.05) is 25.6 Å². The first-order valence-corrected chi connectivity index (χ1v) is 8.61. The van der Waals surface area contributed by atoms with E-state index in [1.807, 2.05) is 49.4 Å². The molecule has 1 amide bonds. The molecule has 1 heterocycles. The Morgan fingerprint density at radius 2 is 2.04 bits per heavy atom. The molecule has 2 N–H and O–H groups in total. The number of nitrogens with one attached hydrogen (secondary N) is 2. The Balaban J connectivity index is 1.60. The lowest BCUT2D eigenvalue weighted by atomic mass is 10.2. The number of aromatic amines is 1. The second kappa shape index (κ2) is 8.49. The lowest BCUT2D eigenvalue weighted by molar-refractivity contribution is -0.116. The number of aryl methyl sites for hydroxylation is 2. The predicted octanol–water partition coefficient (Wildman–Crippen LogP) is 3.47. The summed E-state index contributed by atoms with van der Waals surface area (Å²) in [6, 6.07) is 13.5. The Bertz CT molecular complexity index is 856. The zero-order valence-corrected chi connectivity index (χ0v) is 15.0. The van der Waals surface area contributed by atoms with Crippen molar-refractivity contribution in [3.8, 4) is 5.75 Å². The van der Waals surface area contributed by atoms with Crippen LogP contribution in [0.25, 0.3) is 11.0 Å². The number of carbonyl (C=O) groups excluding carboxylic acids is 1. The molecule has 0 atom stereocenters. The van der Waals surface area contributed by atoms with Gasteiger partial charge in [0.1, 0.15) is 18.2 Å². The maximum Gasteiger partial charge on any atom is 0.224 e. The zero-order chi connectivity index (χ0) is 18.4. The van der Waals surface area contributed by atoms with Gasteiger partial charge in [0.05, 0.1) is 23.3 Å². The molecule has 0 spiro atoms. The van der Waals surface area contributed by atoms with Gasteiger partial charge in [0.2, 0.25) is 5.91 Å². The Hall–Kier alpha value is -2.86. The van der Waals surface area contributed by atoms with Crippen molar-refractivity contribution in [3.63, 3.8) is 0 Å². The second-order valence-electron chi connectivity index (χ2n) is 6.09. The van der Waals surface area contributed by atoms with E-state index in [4.69, 9.17) is 9.47 Å². The van der Waals surface area contributed by atoms with Crippen LogP contribution in [0.5, 0.6) is 5.75 Å². The number of nitrogens with zero attached hydrogens (tertiary/aromatic N) is 1. The summed E-state index contributed by atoms with van der Waals surface area (Å²) < 4.78 is 10.7. The standard InChI is InChI=1S/C20H23N3O3/c1-14-7-8-17(18(13-14)26-12-11-25-2)23-20(24)10-9-19-21-15-5-3-4-6-16(15)22-19/h3-8,13H,9-12H2,1-2H3,(H,21,22)(H,23,24). The Kier molecular flexibility index (Phi) is 5.86. The minimum Gasteiger partial charge on any atom is -0.489 e. The minimum absolute atomic E-state index is 0.0779. The van der Waals surface area contributed by atoms with E-state index >= 15 is 0 Å². The third kappa shape index (κ3) is 4.61. The van der Waals surface area contributed by atoms with Gasteiger partial charge in [-0.3, -0.25) is 4.79 Å². The Labute approximate surface area is 152 Å². The highest BCUT2D eigenvalue weighted by Gasteiger charge is 2.10. The van der Waals surface area contributed by atoms with Crippen LogP contribution < -0.4 is 10.1 Å². The van der Waals surface area contributed by atoms with Gasteiger partial charge in [0, 0.05) is 20.0 Å². The first kappa shape index (κ1) is 17.9. The van der Waals surface area contributed by atoms with E-state index in [0.717, 1.165) is 22.4 Å². The molecule has 26 heavy (non-hydrogen) atoms. The lowest BCUT2D eigenvalue weighted by Crippen LogP contribution is -2.14. The van der Waals surface area contributed by atoms with Gasteiger partial charge in [0.25, 0.3) is 0 Å². The second-order valence-corrected chi connectivity index (χ2v) is 6.09. The van der Waals surface area contributed by atoms with Crippen molar-refractivity contribution in [1.82, 2.24) is 9.97 Å². The highest BCUT2D eigenvalue weighted by Crippen LogP contribution is 2.26. The summed E-state index contributed by atoms with van der Waals surface area (Å²) in [5.74, 6) is 1.38. The van der Waals surface area contributed by atoms with Crippen molar-refractivity contribution < 1.29 is 14.3 Å². The number of anilines is 1. The quantitative estimate of drug-likeness (QED) is 0.608. The summed E-state index contributed by atoms with van der Waals surface area (Å²) in [4.78, 5) is 20.1. The largest absolute Gasteiger partial charge is 0.489 e. The molecular formula is C20H23N3O3. The molecule has 6 nitrogen and oxygen atoms in total. The van der Waals surface area contributed by atoms with E-state index in [9.17, 15) is 4.79 Å². The van der Waals surface area contributed by atoms with Crippen LogP contribution in [-0.2, 0) is 16.0 Å². The van der Waals surface area contributed by atoms with Crippen LogP contribution in [0.3, 0.4) is 0 Å². The highest BCUT2D eigenvalue weighted by atomic mass is 16.5. The van der Waals surface area contributed by atoms with Crippen molar-refractivity contribution in [2.24, 2.45) is 0 Å². The fourth-order valence-electron chi connectivity index (χ4n) is 2.66. The third-order valence-electron chi connectivity index (χ3n) is 3.98. The molecule has 2 aromatic carbocycles. The number of imidazole rings is 1. The molecule has 1 aromatic heterocycles. The molecule has 0 radical (unpaired) electrons. The number of carbonyl (C=O) groups is 1. The number of methoxy groups -OCH3 is 1. The van der Waals surface area contributed by atoms with Gasteiger partial charge >= 0.3 is 0 Å². The molecule has 136 valence electrons. The van der Waals surface area contributed by atoms with Crippen LogP contribution >= 0.6 is 0 Å². The predicted molar refractivity (Wildman–Crippen MR) is 102 cm³/mol. The average Bonchev–Trinajstić information content (AvgIpc) is 3.05. The molecule has 0 bridgehead atoms. The number of H-pyrrole nitrogens is 1. The maximum atomic E-state index is 12.3. The summed E-state index contributed by atoms with van der Waals surface area (Å²) in [5, 5.41) is 2.92. The van der Waals surface area contributed by atoms with Gasteiger partial charge in [-0.1, -0.05) is 18.2 Å². The van der Waals surface area contributed by atoms with Crippen molar-refractivity contribution in [3.05, 3.63) is 53.9 Å². The first-order chi connectivity index (χ1) is 12.7. The summed E-state index contributed by atoms with van der Waals surface area (Å²) in [6.07, 6.45) is 0.886. The fraction of sp³-hybridized carbons (Fsp3) is 0.300. The SMILES string of the molecule is COCCOc1cc(C)ccc1NC(=O)CCc1nc2ccccc2[nH]1. The molecule has 0 aliphatic heterocycles. The number of hydrogen-bond acceptors (Lipinski definition) is 4. The van der Waals surface area contributed by atoms with Gasteiger partial charge in [-0.2, -0.15) is 0 Å². The van der Waals surface area contributed by atoms with Crippen molar-refractivity contribution in [1.29, 1.82) is 0 Å². The molecule has 0 fully saturated rings. The van der Waals surface area contributed by atoms with Crippen LogP contribution in [0.1, 0.15) is 17.8 Å². The Morgan fingerprint density at radius 1 is 1.19 bits per heavy atom. The molecule has 3 rings (SSSR count). The number of aromatic nitrogens is 2. The van der Waals surface area contributed by atoms with Crippen LogP contribution in [0.4, 0.5) is 5.69 Å². The normalized spacial score (nSPS) is 10.8. The van der Waals surface area contributed by atoms with E-state index < -0.39 is 0 Å². The van der Waals surface area contributed by atoms with E-state index in [-0.39, 0.29) is 5.91 Å². The minimum atomic E-state index is -0.0779. The number of fused-ring (bicyclic) bond motifs is 1. The first-order valence-electron chi connectivity index (χ1n) is 8.61. The van der Waals surface area contributed by atoms with Gasteiger partial charge in [0.15, 0.2) is 0 Å². The average molecular weight is 353 g/mol. The van der Waals surface area contributed by atoms with Crippen molar-refractivity contribution in [2.45, 2.75) is 19.8 Å². The summed E-state index contributed by atoms with van der Waals surface area (Å²) in [5.41, 5.74) is 3.63. The molecule has 0 aliphatic rings. The number of amides is 1. The van der Waals surface area contributed by atoms with E-state index in [0.29, 0.717) is 37.5 Å². The number of ether oxygens (including phenoxy) is 2. The van der Waals surface area contributed by atoms with Gasteiger partial charge in [-0.05, 0) is 36.8 Å². The number of para-hydroxylation sites is 2. The topological polar surface area (TPSA) is 76.2 Å². The summed E-state index contributed by atoms with van der Waals surface area (Å²) >= 11 is 0. The van der Waals surface area contributed by atoms with Gasteiger partial charge in [-0.15, -0.1) is 0 Å². The molecule has 0 aliphatic carbocycles. The van der Waals surface area contributed by atoms with Crippen LogP contribution in [0.2, 0.25) is 0 Å². The Morgan fingerprint density at radius 3 is 2.85 bits per heavy atom. The molecule has 3 aromatic rings. The highest BCUT2D eigenvalue weighted by molar-refractivity contribution is 5.92. The van der Waals surface area contributed by atoms with E-state index in [1.54, 1.807) is 7.11 Å². The molecular weight excluding hydrogens is 330 g/mol. The van der Waals surface area contributed by atoms with Crippen LogP contribution in [0, 0.1) is 6.92 Å². The molecule has 6 heteroatoms. The molecule has 0 saturated carbocycles. The molecule has 0 saturated heterocycles. The smallest absolute Gasteiger partial charge is 0.224 e. The fourth-order valence-corrected chi connectivity index (χ4v) is 2.66. The number of hydrogen-bond donors (Lipinski definition) is 2. The van der Waals surface area contributed by atoms with Crippen molar-refractivity contribution >= 4 is 22.6 Å². The maximum absolute atomic E-state index is 12.3. The lowest BCUT2D eigenvalue weighted by Gasteiger charge is -2.13. The summed E-state index contributed by atoms with van der Waals surface area (Å²) in [7, 11) is 1.63. The summed E-state index contributed by atoms with van der Waals surface area (Å²) in [6.45, 7) is 2.91. The third-order valence-corrected chi connectivity index (χ3v) is 3.98. The monoisotopic (exact) mass is 353 g/mol. The van der Waals surface area contributed by atoms with Crippen LogP contribution in [-0.4, -0.2) is 36.2 Å². The van der Waals surface area contributed by atoms with E-state index in [1.165, 1.54) is 0 Å². The van der Waals surface area contributed by atoms with Gasteiger partial charge in [-0.25, -0.2) is 4.98 Å². The zero-order valence-electron chi connectivity index (χ0n) is 15.0. The number of benzene rings is 2. The van der Waals surface area contributed by atoms with Gasteiger partial charge < -0.3 is 19.8 Å².